The van der Waals surface area contributed by atoms with Gasteiger partial charge >= 0.3 is 6.03 Å². The van der Waals surface area contributed by atoms with Crippen LogP contribution in [0.4, 0.5) is 4.79 Å². The Morgan fingerprint density at radius 1 is 1.14 bits per heavy atom. The molecule has 152 valence electrons. The molecule has 4 fully saturated rings. The number of hydrogen-bond acceptors (Lipinski definition) is 2. The molecule has 3 amide bonds. The highest BCUT2D eigenvalue weighted by Gasteiger charge is 2.51. The summed E-state index contributed by atoms with van der Waals surface area (Å²) in [5.41, 5.74) is 0.968. The third-order valence-electron chi connectivity index (χ3n) is 6.78. The van der Waals surface area contributed by atoms with Crippen LogP contribution >= 0.6 is 11.6 Å². The Morgan fingerprint density at radius 2 is 1.79 bits per heavy atom. The van der Waals surface area contributed by atoms with Gasteiger partial charge in [0.1, 0.15) is 0 Å². The van der Waals surface area contributed by atoms with E-state index in [0.717, 1.165) is 42.6 Å². The number of halogens is 1. The first-order valence-corrected chi connectivity index (χ1v) is 10.9. The molecule has 4 aliphatic rings. The minimum absolute atomic E-state index is 0.00217. The molecule has 3 N–H and O–H groups in total. The normalized spacial score (nSPS) is 31.3. The fraction of sp³-hybridized carbons (Fsp3) is 0.636. The van der Waals surface area contributed by atoms with Crippen LogP contribution in [0.25, 0.3) is 0 Å². The lowest BCUT2D eigenvalue weighted by molar-refractivity contribution is -0.121. The molecule has 4 saturated carbocycles. The van der Waals surface area contributed by atoms with E-state index in [9.17, 15) is 9.59 Å². The second-order valence-corrected chi connectivity index (χ2v) is 9.61. The molecular weight excluding hydrogens is 374 g/mol. The van der Waals surface area contributed by atoms with Crippen LogP contribution in [-0.2, 0) is 4.79 Å². The van der Waals surface area contributed by atoms with Crippen LogP contribution < -0.4 is 16.0 Å². The first kappa shape index (κ1) is 19.6. The molecular formula is C22H30ClN3O2. The van der Waals surface area contributed by atoms with Gasteiger partial charge in [0.15, 0.2) is 0 Å². The Kier molecular flexibility index (Phi) is 5.55. The molecule has 0 spiro atoms. The summed E-state index contributed by atoms with van der Waals surface area (Å²) < 4.78 is 0. The number of carbonyl (C=O) groups excluding carboxylic acids is 2. The summed E-state index contributed by atoms with van der Waals surface area (Å²) in [6, 6.07) is 7.23. The molecule has 0 saturated heterocycles. The van der Waals surface area contributed by atoms with Gasteiger partial charge in [-0.1, -0.05) is 23.7 Å². The molecule has 1 aromatic carbocycles. The highest BCUT2D eigenvalue weighted by Crippen LogP contribution is 2.55. The van der Waals surface area contributed by atoms with Crippen LogP contribution in [0.1, 0.15) is 63.5 Å². The van der Waals surface area contributed by atoms with Gasteiger partial charge in [0.25, 0.3) is 0 Å². The summed E-state index contributed by atoms with van der Waals surface area (Å²) in [6.45, 7) is 2.27. The van der Waals surface area contributed by atoms with E-state index in [4.69, 9.17) is 11.6 Å². The molecule has 0 radical (unpaired) electrons. The first-order valence-electron chi connectivity index (χ1n) is 10.5. The Labute approximate surface area is 172 Å². The molecule has 1 unspecified atom stereocenters. The van der Waals surface area contributed by atoms with Crippen molar-refractivity contribution in [1.82, 2.24) is 16.0 Å². The highest BCUT2D eigenvalue weighted by molar-refractivity contribution is 6.30. The Bertz CT molecular complexity index is 716. The predicted molar refractivity (Wildman–Crippen MR) is 110 cm³/mol. The minimum atomic E-state index is -0.127. The summed E-state index contributed by atoms with van der Waals surface area (Å²) in [7, 11) is 0. The molecule has 4 bridgehead atoms. The van der Waals surface area contributed by atoms with E-state index in [1.807, 2.05) is 31.2 Å². The molecule has 0 heterocycles. The van der Waals surface area contributed by atoms with Crippen LogP contribution in [0.3, 0.4) is 0 Å². The molecule has 28 heavy (non-hydrogen) atoms. The second-order valence-electron chi connectivity index (χ2n) is 9.17. The Balaban J connectivity index is 1.20. The lowest BCUT2D eigenvalue weighted by Crippen LogP contribution is -2.61. The summed E-state index contributed by atoms with van der Waals surface area (Å²) >= 11 is 6.00. The van der Waals surface area contributed by atoms with Gasteiger partial charge < -0.3 is 16.0 Å². The zero-order valence-electron chi connectivity index (χ0n) is 16.5. The van der Waals surface area contributed by atoms with Crippen LogP contribution in [0, 0.1) is 17.8 Å². The SMILES string of the molecule is CC(NC(=O)CCNC(=O)NC12CC3CC(CC(C3)C1)C2)c1cccc(Cl)c1. The topological polar surface area (TPSA) is 70.2 Å². The van der Waals surface area contributed by atoms with Crippen molar-refractivity contribution in [2.45, 2.75) is 63.5 Å². The van der Waals surface area contributed by atoms with Gasteiger partial charge in [-0.2, -0.15) is 0 Å². The number of nitrogens with one attached hydrogen (secondary N) is 3. The van der Waals surface area contributed by atoms with E-state index in [1.165, 1.54) is 19.3 Å². The van der Waals surface area contributed by atoms with Crippen LogP contribution in [0.5, 0.6) is 0 Å². The van der Waals surface area contributed by atoms with Gasteiger partial charge in [-0.25, -0.2) is 4.79 Å². The van der Waals surface area contributed by atoms with E-state index in [1.54, 1.807) is 0 Å². The number of carbonyl (C=O) groups is 2. The maximum atomic E-state index is 12.4. The second kappa shape index (κ2) is 7.94. The number of benzene rings is 1. The standard InChI is InChI=1S/C22H30ClN3O2/c1-14(18-3-2-4-19(23)10-18)25-20(27)5-6-24-21(28)26-22-11-15-7-16(12-22)9-17(8-15)13-22/h2-4,10,14-17H,5-9,11-13H2,1H3,(H,25,27)(H2,24,26,28). The van der Waals surface area contributed by atoms with Crippen molar-refractivity contribution in [3.05, 3.63) is 34.9 Å². The van der Waals surface area contributed by atoms with E-state index in [2.05, 4.69) is 16.0 Å². The number of urea groups is 1. The molecule has 1 aromatic rings. The summed E-state index contributed by atoms with van der Waals surface area (Å²) in [5.74, 6) is 2.31. The van der Waals surface area contributed by atoms with Crippen molar-refractivity contribution in [2.75, 3.05) is 6.54 Å². The Morgan fingerprint density at radius 3 is 2.39 bits per heavy atom. The minimum Gasteiger partial charge on any atom is -0.350 e. The van der Waals surface area contributed by atoms with E-state index >= 15 is 0 Å². The van der Waals surface area contributed by atoms with Crippen LogP contribution in [-0.4, -0.2) is 24.0 Å². The monoisotopic (exact) mass is 403 g/mol. The van der Waals surface area contributed by atoms with Crippen molar-refractivity contribution >= 4 is 23.5 Å². The van der Waals surface area contributed by atoms with E-state index in [0.29, 0.717) is 11.6 Å². The lowest BCUT2D eigenvalue weighted by atomic mass is 9.53. The van der Waals surface area contributed by atoms with Gasteiger partial charge in [0, 0.05) is 23.5 Å². The maximum Gasteiger partial charge on any atom is 0.315 e. The van der Waals surface area contributed by atoms with Crippen molar-refractivity contribution in [3.63, 3.8) is 0 Å². The molecule has 5 rings (SSSR count). The molecule has 6 heteroatoms. The summed E-state index contributed by atoms with van der Waals surface area (Å²) in [5, 5.41) is 9.76. The van der Waals surface area contributed by atoms with Crippen molar-refractivity contribution in [2.24, 2.45) is 17.8 Å². The molecule has 0 aromatic heterocycles. The quantitative estimate of drug-likeness (QED) is 0.666. The fourth-order valence-electron chi connectivity index (χ4n) is 6.01. The third-order valence-corrected chi connectivity index (χ3v) is 7.02. The maximum absolute atomic E-state index is 12.4. The van der Waals surface area contributed by atoms with Crippen molar-refractivity contribution in [1.29, 1.82) is 0 Å². The largest absolute Gasteiger partial charge is 0.350 e. The van der Waals surface area contributed by atoms with E-state index in [-0.39, 0.29) is 29.9 Å². The van der Waals surface area contributed by atoms with Gasteiger partial charge in [-0.15, -0.1) is 0 Å². The predicted octanol–water partition coefficient (Wildman–Crippen LogP) is 4.18. The van der Waals surface area contributed by atoms with Gasteiger partial charge in [0.2, 0.25) is 5.91 Å². The zero-order chi connectivity index (χ0) is 19.7. The Hall–Kier alpha value is -1.75. The fourth-order valence-corrected chi connectivity index (χ4v) is 6.21. The molecule has 4 aliphatic carbocycles. The average Bonchev–Trinajstić information content (AvgIpc) is 2.60. The average molecular weight is 404 g/mol. The summed E-state index contributed by atoms with van der Waals surface area (Å²) in [4.78, 5) is 24.6. The molecule has 5 nitrogen and oxygen atoms in total. The molecule has 0 aliphatic heterocycles. The lowest BCUT2D eigenvalue weighted by Gasteiger charge is -2.56. The van der Waals surface area contributed by atoms with Gasteiger partial charge in [0.05, 0.1) is 6.04 Å². The van der Waals surface area contributed by atoms with E-state index < -0.39 is 0 Å². The number of rotatable bonds is 6. The number of hydrogen-bond donors (Lipinski definition) is 3. The number of amides is 3. The summed E-state index contributed by atoms with van der Waals surface area (Å²) in [6.07, 6.45) is 7.71. The smallest absolute Gasteiger partial charge is 0.315 e. The highest BCUT2D eigenvalue weighted by atomic mass is 35.5. The van der Waals surface area contributed by atoms with Gasteiger partial charge in [-0.05, 0) is 80.9 Å². The zero-order valence-corrected chi connectivity index (χ0v) is 17.2. The first-order chi connectivity index (χ1) is 13.4. The molecule has 1 atom stereocenters. The van der Waals surface area contributed by atoms with Crippen molar-refractivity contribution in [3.8, 4) is 0 Å². The third kappa shape index (κ3) is 4.45. The van der Waals surface area contributed by atoms with Crippen LogP contribution in [0.2, 0.25) is 5.02 Å². The van der Waals surface area contributed by atoms with Crippen LogP contribution in [0.15, 0.2) is 24.3 Å². The van der Waals surface area contributed by atoms with Gasteiger partial charge in [-0.3, -0.25) is 4.79 Å². The van der Waals surface area contributed by atoms with Crippen molar-refractivity contribution < 1.29 is 9.59 Å².